The molecule has 0 aliphatic heterocycles. The lowest BCUT2D eigenvalue weighted by atomic mass is 9.97. The monoisotopic (exact) mass is 208 g/mol. The number of rotatable bonds is 5. The first-order valence-corrected chi connectivity index (χ1v) is 5.42. The van der Waals surface area contributed by atoms with Crippen molar-refractivity contribution in [2.75, 3.05) is 6.61 Å². The Balaban J connectivity index is 2.75. The first kappa shape index (κ1) is 12.1. The van der Waals surface area contributed by atoms with Crippen LogP contribution in [0.15, 0.2) is 24.5 Å². The van der Waals surface area contributed by atoms with Crippen LogP contribution in [-0.2, 0) is 0 Å². The van der Waals surface area contributed by atoms with E-state index in [0.717, 1.165) is 0 Å². The van der Waals surface area contributed by atoms with E-state index in [9.17, 15) is 0 Å². The molecule has 84 valence electrons. The molecule has 0 spiro atoms. The Hall–Kier alpha value is -0.930. The maximum atomic E-state index is 9.03. The van der Waals surface area contributed by atoms with Gasteiger partial charge in [0.25, 0.3) is 0 Å². The van der Waals surface area contributed by atoms with Gasteiger partial charge in [0.2, 0.25) is 0 Å². The van der Waals surface area contributed by atoms with Gasteiger partial charge >= 0.3 is 0 Å². The highest BCUT2D eigenvalue weighted by Crippen LogP contribution is 2.20. The van der Waals surface area contributed by atoms with Crippen molar-refractivity contribution in [3.63, 3.8) is 0 Å². The van der Waals surface area contributed by atoms with Crippen LogP contribution in [0.3, 0.4) is 0 Å². The Morgan fingerprint density at radius 1 is 1.40 bits per heavy atom. The molecule has 0 saturated heterocycles. The van der Waals surface area contributed by atoms with Crippen LogP contribution in [0.25, 0.3) is 0 Å². The lowest BCUT2D eigenvalue weighted by Crippen LogP contribution is -2.35. The van der Waals surface area contributed by atoms with Crippen molar-refractivity contribution in [2.24, 2.45) is 5.92 Å². The normalized spacial score (nSPS) is 15.3. The zero-order valence-corrected chi connectivity index (χ0v) is 9.64. The van der Waals surface area contributed by atoms with Gasteiger partial charge in [0.05, 0.1) is 6.61 Å². The summed E-state index contributed by atoms with van der Waals surface area (Å²) in [5.74, 6) is 0.475. The molecule has 3 heteroatoms. The third-order valence-corrected chi connectivity index (χ3v) is 2.45. The van der Waals surface area contributed by atoms with Crippen molar-refractivity contribution in [3.05, 3.63) is 30.1 Å². The van der Waals surface area contributed by atoms with Crippen LogP contribution >= 0.6 is 0 Å². The lowest BCUT2D eigenvalue weighted by Gasteiger charge is -2.25. The summed E-state index contributed by atoms with van der Waals surface area (Å²) in [5.41, 5.74) is 1.17. The molecule has 3 nitrogen and oxygen atoms in total. The SMILES string of the molecule is CC(C)C(N[C@H](C)CO)c1cccnc1. The Bertz CT molecular complexity index is 274. The summed E-state index contributed by atoms with van der Waals surface area (Å²) < 4.78 is 0. The molecule has 0 saturated carbocycles. The third-order valence-electron chi connectivity index (χ3n) is 2.45. The average molecular weight is 208 g/mol. The molecular formula is C12H20N2O. The number of hydrogen-bond donors (Lipinski definition) is 2. The smallest absolute Gasteiger partial charge is 0.0582 e. The minimum absolute atomic E-state index is 0.109. The number of nitrogens with one attached hydrogen (secondary N) is 1. The van der Waals surface area contributed by atoms with Gasteiger partial charge in [-0.25, -0.2) is 0 Å². The van der Waals surface area contributed by atoms with Crippen molar-refractivity contribution >= 4 is 0 Å². The maximum absolute atomic E-state index is 9.03. The number of aromatic nitrogens is 1. The lowest BCUT2D eigenvalue weighted by molar-refractivity contribution is 0.229. The van der Waals surface area contributed by atoms with Crippen LogP contribution in [-0.4, -0.2) is 22.7 Å². The number of aliphatic hydroxyl groups is 1. The van der Waals surface area contributed by atoms with E-state index in [4.69, 9.17) is 5.11 Å². The van der Waals surface area contributed by atoms with Crippen LogP contribution < -0.4 is 5.32 Å². The summed E-state index contributed by atoms with van der Waals surface area (Å²) >= 11 is 0. The highest BCUT2D eigenvalue weighted by atomic mass is 16.3. The first-order chi connectivity index (χ1) is 7.15. The molecule has 2 atom stereocenters. The minimum atomic E-state index is 0.109. The van der Waals surface area contributed by atoms with Crippen molar-refractivity contribution in [1.29, 1.82) is 0 Å². The van der Waals surface area contributed by atoms with Crippen LogP contribution in [0, 0.1) is 5.92 Å². The second-order valence-electron chi connectivity index (χ2n) is 4.26. The van der Waals surface area contributed by atoms with Gasteiger partial charge in [0.1, 0.15) is 0 Å². The molecule has 0 fully saturated rings. The molecule has 1 aromatic heterocycles. The summed E-state index contributed by atoms with van der Waals surface area (Å²) in [4.78, 5) is 4.12. The Morgan fingerprint density at radius 3 is 2.60 bits per heavy atom. The van der Waals surface area contributed by atoms with E-state index in [1.165, 1.54) is 5.56 Å². The highest BCUT2D eigenvalue weighted by Gasteiger charge is 2.17. The van der Waals surface area contributed by atoms with Gasteiger partial charge in [-0.3, -0.25) is 4.98 Å². The van der Waals surface area contributed by atoms with Crippen molar-refractivity contribution in [2.45, 2.75) is 32.9 Å². The van der Waals surface area contributed by atoms with Crippen molar-refractivity contribution in [1.82, 2.24) is 10.3 Å². The molecular weight excluding hydrogens is 188 g/mol. The number of pyridine rings is 1. The highest BCUT2D eigenvalue weighted by molar-refractivity contribution is 5.14. The molecule has 1 aromatic rings. The maximum Gasteiger partial charge on any atom is 0.0582 e. The second-order valence-corrected chi connectivity index (χ2v) is 4.26. The topological polar surface area (TPSA) is 45.1 Å². The molecule has 0 aromatic carbocycles. The minimum Gasteiger partial charge on any atom is -0.395 e. The Labute approximate surface area is 91.5 Å². The fraction of sp³-hybridized carbons (Fsp3) is 0.583. The van der Waals surface area contributed by atoms with E-state index in [1.807, 2.05) is 19.2 Å². The molecule has 1 heterocycles. The quantitative estimate of drug-likeness (QED) is 0.775. The van der Waals surface area contributed by atoms with Gasteiger partial charge in [-0.2, -0.15) is 0 Å². The van der Waals surface area contributed by atoms with E-state index >= 15 is 0 Å². The van der Waals surface area contributed by atoms with Crippen LogP contribution in [0.2, 0.25) is 0 Å². The largest absolute Gasteiger partial charge is 0.395 e. The van der Waals surface area contributed by atoms with Crippen molar-refractivity contribution in [3.8, 4) is 0 Å². The number of aliphatic hydroxyl groups excluding tert-OH is 1. The van der Waals surface area contributed by atoms with Crippen LogP contribution in [0.4, 0.5) is 0 Å². The van der Waals surface area contributed by atoms with Gasteiger partial charge in [-0.15, -0.1) is 0 Å². The Kier molecular flexibility index (Phi) is 4.72. The van der Waals surface area contributed by atoms with Gasteiger partial charge < -0.3 is 10.4 Å². The van der Waals surface area contributed by atoms with Crippen molar-refractivity contribution < 1.29 is 5.11 Å². The van der Waals surface area contributed by atoms with Gasteiger partial charge in [-0.05, 0) is 24.5 Å². The zero-order chi connectivity index (χ0) is 11.3. The third kappa shape index (κ3) is 3.61. The molecule has 0 radical (unpaired) electrons. The van der Waals surface area contributed by atoms with Crippen LogP contribution in [0.1, 0.15) is 32.4 Å². The molecule has 1 rings (SSSR count). The van der Waals surface area contributed by atoms with Gasteiger partial charge in [0.15, 0.2) is 0 Å². The van der Waals surface area contributed by atoms with E-state index in [-0.39, 0.29) is 18.7 Å². The molecule has 0 amide bonds. The molecule has 0 bridgehead atoms. The molecule has 15 heavy (non-hydrogen) atoms. The summed E-state index contributed by atoms with van der Waals surface area (Å²) in [6.07, 6.45) is 3.65. The second kappa shape index (κ2) is 5.83. The van der Waals surface area contributed by atoms with E-state index < -0.39 is 0 Å². The first-order valence-electron chi connectivity index (χ1n) is 5.42. The summed E-state index contributed by atoms with van der Waals surface area (Å²) in [6.45, 7) is 6.46. The average Bonchev–Trinajstić information content (AvgIpc) is 2.26. The van der Waals surface area contributed by atoms with E-state index in [2.05, 4.69) is 30.2 Å². The van der Waals surface area contributed by atoms with E-state index in [1.54, 1.807) is 6.20 Å². The van der Waals surface area contributed by atoms with Gasteiger partial charge in [0, 0.05) is 24.5 Å². The number of nitrogens with zero attached hydrogens (tertiary/aromatic N) is 1. The van der Waals surface area contributed by atoms with Gasteiger partial charge in [-0.1, -0.05) is 19.9 Å². The fourth-order valence-corrected chi connectivity index (χ4v) is 1.59. The predicted molar refractivity (Wildman–Crippen MR) is 61.5 cm³/mol. The number of hydrogen-bond acceptors (Lipinski definition) is 3. The Morgan fingerprint density at radius 2 is 2.13 bits per heavy atom. The molecule has 2 N–H and O–H groups in total. The summed E-state index contributed by atoms with van der Waals surface area (Å²) in [5, 5.41) is 12.4. The van der Waals surface area contributed by atoms with E-state index in [0.29, 0.717) is 5.92 Å². The predicted octanol–water partition coefficient (Wildman–Crippen LogP) is 1.75. The summed E-state index contributed by atoms with van der Waals surface area (Å²) in [6, 6.07) is 4.36. The molecule has 0 aliphatic carbocycles. The molecule has 0 aliphatic rings. The zero-order valence-electron chi connectivity index (χ0n) is 9.64. The standard InChI is InChI=1S/C12H20N2O/c1-9(2)12(14-10(3)8-15)11-5-4-6-13-7-11/h4-7,9-10,12,14-15H,8H2,1-3H3/t10-,12?/m1/s1. The fourth-order valence-electron chi connectivity index (χ4n) is 1.59. The molecule has 1 unspecified atom stereocenters. The van der Waals surface area contributed by atoms with Crippen LogP contribution in [0.5, 0.6) is 0 Å². The summed E-state index contributed by atoms with van der Waals surface area (Å²) in [7, 11) is 0.